The van der Waals surface area contributed by atoms with E-state index in [9.17, 15) is 0 Å². The summed E-state index contributed by atoms with van der Waals surface area (Å²) in [7, 11) is 2.13. The minimum Gasteiger partial charge on any atom is -0.389 e. The topological polar surface area (TPSA) is 38.5 Å². The van der Waals surface area contributed by atoms with Gasteiger partial charge in [-0.1, -0.05) is 25.2 Å². The lowest BCUT2D eigenvalue weighted by Gasteiger charge is -2.30. The van der Waals surface area contributed by atoms with E-state index in [0.29, 0.717) is 10.9 Å². The highest BCUT2D eigenvalue weighted by Crippen LogP contribution is 2.31. The molecule has 1 aliphatic rings. The van der Waals surface area contributed by atoms with Crippen molar-refractivity contribution in [3.63, 3.8) is 0 Å². The molecule has 5 heteroatoms. The Morgan fingerprint density at radius 2 is 2.14 bits per heavy atom. The lowest BCUT2D eigenvalue weighted by atomic mass is 9.99. The maximum absolute atomic E-state index is 5.99. The largest absolute Gasteiger partial charge is 0.389 e. The summed E-state index contributed by atoms with van der Waals surface area (Å²) in [4.78, 5) is 3.96. The third kappa shape index (κ3) is 4.34. The number of anilines is 1. The molecule has 1 aromatic rings. The van der Waals surface area contributed by atoms with Crippen molar-refractivity contribution in [1.29, 1.82) is 0 Å². The molecule has 0 amide bonds. The summed E-state index contributed by atoms with van der Waals surface area (Å²) >= 11 is 7.09. The molecular formula is C16H24N2OS2. The minimum absolute atomic E-state index is 0.486. The molecule has 21 heavy (non-hydrogen) atoms. The Balaban J connectivity index is 2.20. The van der Waals surface area contributed by atoms with Crippen molar-refractivity contribution in [2.24, 2.45) is 11.7 Å². The van der Waals surface area contributed by atoms with Gasteiger partial charge in [-0.25, -0.2) is 0 Å². The van der Waals surface area contributed by atoms with Crippen LogP contribution in [0.2, 0.25) is 0 Å². The number of hydrogen-bond donors (Lipinski definition) is 1. The van der Waals surface area contributed by atoms with Crippen LogP contribution < -0.4 is 10.6 Å². The van der Waals surface area contributed by atoms with Crippen LogP contribution in [0.1, 0.15) is 25.3 Å². The van der Waals surface area contributed by atoms with Crippen molar-refractivity contribution in [2.45, 2.75) is 24.7 Å². The first-order chi connectivity index (χ1) is 10.1. The van der Waals surface area contributed by atoms with E-state index in [1.165, 1.54) is 4.90 Å². The van der Waals surface area contributed by atoms with Gasteiger partial charge >= 0.3 is 0 Å². The number of thioether (sulfide) groups is 1. The van der Waals surface area contributed by atoms with Gasteiger partial charge in [-0.15, -0.1) is 11.8 Å². The quantitative estimate of drug-likeness (QED) is 0.642. The number of ether oxygens (including phenoxy) is 1. The predicted molar refractivity (Wildman–Crippen MR) is 95.5 cm³/mol. The monoisotopic (exact) mass is 324 g/mol. The SMILES string of the molecule is CCSc1cccc(N(C)CC2CCOCC2)c1C(N)=S. The fourth-order valence-corrected chi connectivity index (χ4v) is 3.90. The van der Waals surface area contributed by atoms with Gasteiger partial charge in [0.2, 0.25) is 0 Å². The van der Waals surface area contributed by atoms with E-state index in [0.717, 1.165) is 49.6 Å². The highest BCUT2D eigenvalue weighted by atomic mass is 32.2. The van der Waals surface area contributed by atoms with E-state index in [1.54, 1.807) is 11.8 Å². The first-order valence-corrected chi connectivity index (χ1v) is 8.87. The number of nitrogens with zero attached hydrogens (tertiary/aromatic N) is 1. The Hall–Kier alpha value is -0.780. The molecule has 0 spiro atoms. The maximum atomic E-state index is 5.99. The number of thiocarbonyl (C=S) groups is 1. The molecule has 1 fully saturated rings. The zero-order valence-corrected chi connectivity index (χ0v) is 14.4. The van der Waals surface area contributed by atoms with E-state index in [-0.39, 0.29) is 0 Å². The molecule has 1 aliphatic heterocycles. The van der Waals surface area contributed by atoms with Crippen LogP contribution in [0, 0.1) is 5.92 Å². The minimum atomic E-state index is 0.486. The summed E-state index contributed by atoms with van der Waals surface area (Å²) in [6, 6.07) is 6.32. The fraction of sp³-hybridized carbons (Fsp3) is 0.562. The van der Waals surface area contributed by atoms with Crippen molar-refractivity contribution >= 4 is 34.7 Å². The van der Waals surface area contributed by atoms with Crippen LogP contribution in [0.15, 0.2) is 23.1 Å². The maximum Gasteiger partial charge on any atom is 0.107 e. The Morgan fingerprint density at radius 3 is 2.76 bits per heavy atom. The molecule has 0 unspecified atom stereocenters. The Kier molecular flexibility index (Phi) is 6.33. The van der Waals surface area contributed by atoms with Crippen molar-refractivity contribution in [3.05, 3.63) is 23.8 Å². The van der Waals surface area contributed by atoms with Crippen LogP contribution in [-0.4, -0.2) is 37.5 Å². The van der Waals surface area contributed by atoms with Gasteiger partial charge in [0, 0.05) is 43.0 Å². The van der Waals surface area contributed by atoms with Gasteiger partial charge in [0.05, 0.1) is 0 Å². The van der Waals surface area contributed by atoms with E-state index in [2.05, 4.69) is 37.1 Å². The van der Waals surface area contributed by atoms with Crippen molar-refractivity contribution < 1.29 is 4.74 Å². The molecule has 2 N–H and O–H groups in total. The highest BCUT2D eigenvalue weighted by Gasteiger charge is 2.19. The highest BCUT2D eigenvalue weighted by molar-refractivity contribution is 7.99. The summed E-state index contributed by atoms with van der Waals surface area (Å²) in [6.45, 7) is 4.93. The molecule has 0 aromatic heterocycles. The van der Waals surface area contributed by atoms with E-state index < -0.39 is 0 Å². The third-order valence-corrected chi connectivity index (χ3v) is 4.98. The molecule has 0 saturated carbocycles. The molecule has 0 radical (unpaired) electrons. The average molecular weight is 325 g/mol. The average Bonchev–Trinajstić information content (AvgIpc) is 2.48. The molecule has 116 valence electrons. The normalized spacial score (nSPS) is 15.9. The zero-order chi connectivity index (χ0) is 15.2. The second kappa shape index (κ2) is 8.01. The first-order valence-electron chi connectivity index (χ1n) is 7.48. The molecule has 3 nitrogen and oxygen atoms in total. The smallest absolute Gasteiger partial charge is 0.107 e. The second-order valence-electron chi connectivity index (χ2n) is 5.38. The summed E-state index contributed by atoms with van der Waals surface area (Å²) in [6.07, 6.45) is 2.27. The molecule has 1 heterocycles. The lowest BCUT2D eigenvalue weighted by molar-refractivity contribution is 0.0685. The van der Waals surface area contributed by atoms with Crippen LogP contribution in [0.3, 0.4) is 0 Å². The molecule has 0 aliphatic carbocycles. The summed E-state index contributed by atoms with van der Waals surface area (Å²) in [5.74, 6) is 1.70. The number of rotatable bonds is 6. The van der Waals surface area contributed by atoms with Gasteiger partial charge in [-0.05, 0) is 36.6 Å². The molecule has 1 aromatic carbocycles. The third-order valence-electron chi connectivity index (χ3n) is 3.83. The fourth-order valence-electron chi connectivity index (χ4n) is 2.78. The van der Waals surface area contributed by atoms with Gasteiger partial charge in [0.15, 0.2) is 0 Å². The van der Waals surface area contributed by atoms with Gasteiger partial charge in [-0.3, -0.25) is 0 Å². The van der Waals surface area contributed by atoms with Crippen LogP contribution >= 0.6 is 24.0 Å². The molecule has 0 bridgehead atoms. The number of benzene rings is 1. The molecular weight excluding hydrogens is 300 g/mol. The van der Waals surface area contributed by atoms with Crippen molar-refractivity contribution in [3.8, 4) is 0 Å². The van der Waals surface area contributed by atoms with Gasteiger partial charge < -0.3 is 15.4 Å². The summed E-state index contributed by atoms with van der Waals surface area (Å²) in [5, 5.41) is 0. The number of nitrogens with two attached hydrogens (primary N) is 1. The Morgan fingerprint density at radius 1 is 1.43 bits per heavy atom. The number of hydrogen-bond acceptors (Lipinski definition) is 4. The summed E-state index contributed by atoms with van der Waals surface area (Å²) in [5.41, 5.74) is 8.16. The molecule has 2 rings (SSSR count). The standard InChI is InChI=1S/C16H24N2OS2/c1-3-21-14-6-4-5-13(15(14)16(17)20)18(2)11-12-7-9-19-10-8-12/h4-6,12H,3,7-11H2,1-2H3,(H2,17,20). The lowest BCUT2D eigenvalue weighted by Crippen LogP contribution is -2.31. The van der Waals surface area contributed by atoms with Crippen molar-refractivity contribution in [1.82, 2.24) is 0 Å². The van der Waals surface area contributed by atoms with E-state index in [4.69, 9.17) is 22.7 Å². The van der Waals surface area contributed by atoms with Crippen LogP contribution in [0.25, 0.3) is 0 Å². The zero-order valence-electron chi connectivity index (χ0n) is 12.8. The molecule has 1 saturated heterocycles. The van der Waals surface area contributed by atoms with Crippen LogP contribution in [0.4, 0.5) is 5.69 Å². The Labute approximate surface area is 137 Å². The van der Waals surface area contributed by atoms with Crippen LogP contribution in [0.5, 0.6) is 0 Å². The van der Waals surface area contributed by atoms with Gasteiger partial charge in [0.1, 0.15) is 4.99 Å². The van der Waals surface area contributed by atoms with Crippen molar-refractivity contribution in [2.75, 3.05) is 37.5 Å². The van der Waals surface area contributed by atoms with Gasteiger partial charge in [0.25, 0.3) is 0 Å². The molecule has 0 atom stereocenters. The summed E-state index contributed by atoms with van der Waals surface area (Å²) < 4.78 is 5.44. The predicted octanol–water partition coefficient (Wildman–Crippen LogP) is 3.30. The van der Waals surface area contributed by atoms with Gasteiger partial charge in [-0.2, -0.15) is 0 Å². The van der Waals surface area contributed by atoms with E-state index >= 15 is 0 Å². The van der Waals surface area contributed by atoms with E-state index in [1.807, 2.05) is 0 Å². The Bertz CT molecular complexity index is 487. The first kappa shape index (κ1) is 16.6. The van der Waals surface area contributed by atoms with Crippen LogP contribution in [-0.2, 0) is 4.74 Å². The second-order valence-corrected chi connectivity index (χ2v) is 7.13.